The van der Waals surface area contributed by atoms with Crippen molar-refractivity contribution in [2.24, 2.45) is 0 Å². The summed E-state index contributed by atoms with van der Waals surface area (Å²) in [7, 11) is 0. The minimum absolute atomic E-state index is 0.297. The maximum Gasteiger partial charge on any atom is 0.404 e. The molecule has 22 heavy (non-hydrogen) atoms. The lowest BCUT2D eigenvalue weighted by Gasteiger charge is -2.26. The zero-order valence-corrected chi connectivity index (χ0v) is 11.7. The molecule has 1 rings (SSSR count). The van der Waals surface area contributed by atoms with Crippen molar-refractivity contribution in [2.75, 3.05) is 0 Å². The van der Waals surface area contributed by atoms with Gasteiger partial charge >= 0.3 is 18.3 Å². The number of hydrogen-bond acceptors (Lipinski definition) is 1. The van der Waals surface area contributed by atoms with Crippen LogP contribution in [0.15, 0.2) is 24.3 Å². The molecule has 0 bridgehead atoms. The van der Waals surface area contributed by atoms with Gasteiger partial charge < -0.3 is 5.11 Å². The molecule has 0 aliphatic rings. The average molecular weight is 328 g/mol. The Morgan fingerprint density at radius 2 is 1.41 bits per heavy atom. The summed E-state index contributed by atoms with van der Waals surface area (Å²) in [6, 6.07) is 3.68. The number of carboxylic acids is 1. The van der Waals surface area contributed by atoms with Gasteiger partial charge in [0.15, 0.2) is 5.92 Å². The summed E-state index contributed by atoms with van der Waals surface area (Å²) in [4.78, 5) is 10.7. The summed E-state index contributed by atoms with van der Waals surface area (Å²) in [6.45, 7) is 3.09. The van der Waals surface area contributed by atoms with Crippen molar-refractivity contribution >= 4 is 5.97 Å². The first-order valence-electron chi connectivity index (χ1n) is 6.21. The molecule has 0 amide bonds. The molecule has 1 N–H and O–H groups in total. The zero-order valence-electron chi connectivity index (χ0n) is 11.7. The number of benzene rings is 1. The van der Waals surface area contributed by atoms with Crippen LogP contribution < -0.4 is 0 Å². The van der Waals surface area contributed by atoms with Crippen LogP contribution >= 0.6 is 0 Å². The number of alkyl halides is 6. The second kappa shape index (κ2) is 5.81. The van der Waals surface area contributed by atoms with E-state index in [9.17, 15) is 31.1 Å². The topological polar surface area (TPSA) is 37.3 Å². The Morgan fingerprint density at radius 1 is 1.00 bits per heavy atom. The van der Waals surface area contributed by atoms with Crippen molar-refractivity contribution in [1.29, 1.82) is 0 Å². The van der Waals surface area contributed by atoms with Gasteiger partial charge in [-0.3, -0.25) is 4.79 Å². The van der Waals surface area contributed by atoms with E-state index in [-0.39, 0.29) is 6.42 Å². The third kappa shape index (κ3) is 4.38. The fraction of sp³-hybridized carbons (Fsp3) is 0.500. The number of hydrogen-bond donors (Lipinski definition) is 1. The Kier molecular flexibility index (Phi) is 4.84. The zero-order chi connectivity index (χ0) is 17.3. The first kappa shape index (κ1) is 18.3. The molecular formula is C14H14F6O2. The van der Waals surface area contributed by atoms with Crippen LogP contribution in [0.1, 0.15) is 37.3 Å². The van der Waals surface area contributed by atoms with E-state index < -0.39 is 35.2 Å². The minimum atomic E-state index is -5.45. The largest absolute Gasteiger partial charge is 0.481 e. The first-order chi connectivity index (χ1) is 9.75. The second-order valence-corrected chi connectivity index (χ2v) is 5.59. The Balaban J connectivity index is 3.18. The Bertz CT molecular complexity index is 514. The monoisotopic (exact) mass is 328 g/mol. The highest BCUT2D eigenvalue weighted by molar-refractivity contribution is 5.68. The van der Waals surface area contributed by atoms with Crippen LogP contribution in [0, 0.1) is 0 Å². The van der Waals surface area contributed by atoms with Crippen LogP contribution in [0.4, 0.5) is 26.3 Å². The van der Waals surface area contributed by atoms with Crippen molar-refractivity contribution < 1.29 is 36.2 Å². The molecule has 0 radical (unpaired) electrons. The summed E-state index contributed by atoms with van der Waals surface area (Å²) in [5.41, 5.74) is -1.48. The predicted molar refractivity (Wildman–Crippen MR) is 66.6 cm³/mol. The number of halogens is 6. The van der Waals surface area contributed by atoms with Gasteiger partial charge in [-0.15, -0.1) is 0 Å². The minimum Gasteiger partial charge on any atom is -0.481 e. The van der Waals surface area contributed by atoms with Crippen molar-refractivity contribution in [3.8, 4) is 0 Å². The van der Waals surface area contributed by atoms with Crippen LogP contribution in [0.3, 0.4) is 0 Å². The highest BCUT2D eigenvalue weighted by atomic mass is 19.4. The quantitative estimate of drug-likeness (QED) is 0.817. The third-order valence-corrected chi connectivity index (χ3v) is 3.27. The number of carbonyl (C=O) groups is 1. The number of carboxylic acid groups (broad SMARTS) is 1. The van der Waals surface area contributed by atoms with Gasteiger partial charge in [0.1, 0.15) is 0 Å². The molecule has 2 nitrogen and oxygen atoms in total. The molecule has 0 saturated carbocycles. The molecule has 0 saturated heterocycles. The molecule has 1 aromatic carbocycles. The SMILES string of the molecule is CC(C)(CC(=O)O)c1ccc(C(C(F)(F)F)C(F)(F)F)cc1. The van der Waals surface area contributed by atoms with E-state index in [0.717, 1.165) is 24.3 Å². The molecule has 0 fully saturated rings. The lowest BCUT2D eigenvalue weighted by molar-refractivity contribution is -0.253. The molecule has 1 aromatic rings. The average Bonchev–Trinajstić information content (AvgIpc) is 2.23. The normalized spacial score (nSPS) is 13.5. The molecular weight excluding hydrogens is 314 g/mol. The molecule has 0 aromatic heterocycles. The first-order valence-corrected chi connectivity index (χ1v) is 6.21. The van der Waals surface area contributed by atoms with E-state index in [1.165, 1.54) is 0 Å². The van der Waals surface area contributed by atoms with E-state index in [1.54, 1.807) is 13.8 Å². The van der Waals surface area contributed by atoms with Gasteiger partial charge in [0.2, 0.25) is 0 Å². The van der Waals surface area contributed by atoms with E-state index in [0.29, 0.717) is 5.56 Å². The van der Waals surface area contributed by atoms with Crippen molar-refractivity contribution in [1.82, 2.24) is 0 Å². The highest BCUT2D eigenvalue weighted by Crippen LogP contribution is 2.46. The third-order valence-electron chi connectivity index (χ3n) is 3.27. The van der Waals surface area contributed by atoms with Gasteiger partial charge in [0, 0.05) is 5.41 Å². The molecule has 0 aliphatic carbocycles. The Morgan fingerprint density at radius 3 is 1.73 bits per heavy atom. The van der Waals surface area contributed by atoms with Crippen LogP contribution in [0.5, 0.6) is 0 Å². The van der Waals surface area contributed by atoms with Gasteiger partial charge in [0.25, 0.3) is 0 Å². The smallest absolute Gasteiger partial charge is 0.404 e. The van der Waals surface area contributed by atoms with E-state index in [4.69, 9.17) is 5.11 Å². The van der Waals surface area contributed by atoms with Crippen LogP contribution in [0.25, 0.3) is 0 Å². The van der Waals surface area contributed by atoms with Crippen LogP contribution in [-0.4, -0.2) is 23.4 Å². The standard InChI is InChI=1S/C14H14F6O2/c1-12(2,7-10(21)22)9-5-3-8(4-6-9)11(13(15,16)17)14(18,19)20/h3-6,11H,7H2,1-2H3,(H,21,22). The fourth-order valence-electron chi connectivity index (χ4n) is 2.17. The molecule has 0 aliphatic heterocycles. The van der Waals surface area contributed by atoms with Gasteiger partial charge in [0.05, 0.1) is 6.42 Å². The van der Waals surface area contributed by atoms with Gasteiger partial charge in [-0.1, -0.05) is 38.1 Å². The molecule has 124 valence electrons. The molecule has 0 heterocycles. The van der Waals surface area contributed by atoms with Gasteiger partial charge in [-0.05, 0) is 11.1 Å². The van der Waals surface area contributed by atoms with E-state index in [1.807, 2.05) is 0 Å². The number of rotatable bonds is 4. The van der Waals surface area contributed by atoms with Crippen LogP contribution in [0.2, 0.25) is 0 Å². The lowest BCUT2D eigenvalue weighted by atomic mass is 9.80. The summed E-state index contributed by atoms with van der Waals surface area (Å²) in [5, 5.41) is 8.77. The number of aliphatic carboxylic acids is 1. The van der Waals surface area contributed by atoms with Crippen LogP contribution in [-0.2, 0) is 10.2 Å². The lowest BCUT2D eigenvalue weighted by Crippen LogP contribution is -2.34. The Labute approximate surface area is 122 Å². The highest BCUT2D eigenvalue weighted by Gasteiger charge is 2.57. The second-order valence-electron chi connectivity index (χ2n) is 5.59. The fourth-order valence-corrected chi connectivity index (χ4v) is 2.17. The van der Waals surface area contributed by atoms with Crippen molar-refractivity contribution in [3.63, 3.8) is 0 Å². The van der Waals surface area contributed by atoms with Crippen molar-refractivity contribution in [3.05, 3.63) is 35.4 Å². The molecule has 0 unspecified atom stereocenters. The van der Waals surface area contributed by atoms with E-state index in [2.05, 4.69) is 0 Å². The summed E-state index contributed by atoms with van der Waals surface area (Å²) in [5.74, 6) is -4.67. The molecule has 0 spiro atoms. The van der Waals surface area contributed by atoms with Gasteiger partial charge in [-0.25, -0.2) is 0 Å². The maximum absolute atomic E-state index is 12.6. The van der Waals surface area contributed by atoms with Gasteiger partial charge in [-0.2, -0.15) is 26.3 Å². The summed E-state index contributed by atoms with van der Waals surface area (Å²) >= 11 is 0. The molecule has 0 atom stereocenters. The predicted octanol–water partition coefficient (Wildman–Crippen LogP) is 4.65. The summed E-state index contributed by atoms with van der Waals surface area (Å²) < 4.78 is 75.7. The van der Waals surface area contributed by atoms with E-state index >= 15 is 0 Å². The molecule has 8 heteroatoms. The van der Waals surface area contributed by atoms with Crippen molar-refractivity contribution in [2.45, 2.75) is 44.0 Å². The Hall–Kier alpha value is -1.73. The maximum atomic E-state index is 12.6. The summed E-state index contributed by atoms with van der Waals surface area (Å²) in [6.07, 6.45) is -11.2.